The summed E-state index contributed by atoms with van der Waals surface area (Å²) in [6.45, 7) is 5.80. The van der Waals surface area contributed by atoms with Gasteiger partial charge in [-0.15, -0.1) is 0 Å². The second-order valence-corrected chi connectivity index (χ2v) is 5.57. The predicted molar refractivity (Wildman–Crippen MR) is 76.8 cm³/mol. The van der Waals surface area contributed by atoms with Crippen LogP contribution in [0.2, 0.25) is 0 Å². The third-order valence-electron chi connectivity index (χ3n) is 2.67. The molecule has 1 aromatic rings. The van der Waals surface area contributed by atoms with E-state index in [0.717, 1.165) is 5.75 Å². The molecule has 1 aromatic carbocycles. The Bertz CT molecular complexity index is 426. The Hall–Kier alpha value is -1.59. The summed E-state index contributed by atoms with van der Waals surface area (Å²) in [6, 6.07) is 6.81. The number of hydrogen-bond donors (Lipinski definition) is 3. The van der Waals surface area contributed by atoms with Crippen LogP contribution in [0.25, 0.3) is 0 Å². The first-order valence-corrected chi connectivity index (χ1v) is 6.68. The fraction of sp³-hybridized carbons (Fsp3) is 0.533. The minimum Gasteiger partial charge on any atom is -0.493 e. The number of carbonyl (C=O) groups excluding carboxylic acids is 1. The molecule has 0 saturated carbocycles. The molecular weight excluding hydrogens is 258 g/mol. The van der Waals surface area contributed by atoms with Crippen LogP contribution in [-0.4, -0.2) is 41.5 Å². The quantitative estimate of drug-likeness (QED) is 0.701. The molecule has 1 amide bonds. The first-order valence-electron chi connectivity index (χ1n) is 6.68. The summed E-state index contributed by atoms with van der Waals surface area (Å²) >= 11 is 0. The Kier molecular flexibility index (Phi) is 5.98. The predicted octanol–water partition coefficient (Wildman–Crippen LogP) is 1.19. The van der Waals surface area contributed by atoms with E-state index in [-0.39, 0.29) is 12.5 Å². The molecule has 1 atom stereocenters. The van der Waals surface area contributed by atoms with Gasteiger partial charge in [-0.25, -0.2) is 0 Å². The fourth-order valence-corrected chi connectivity index (χ4v) is 1.39. The Morgan fingerprint density at radius 2 is 1.95 bits per heavy atom. The lowest BCUT2D eigenvalue weighted by molar-refractivity contribution is 0.00320. The van der Waals surface area contributed by atoms with Crippen molar-refractivity contribution in [3.05, 3.63) is 29.8 Å². The van der Waals surface area contributed by atoms with Crippen LogP contribution >= 0.6 is 0 Å². The first-order chi connectivity index (χ1) is 9.34. The number of benzene rings is 1. The largest absolute Gasteiger partial charge is 0.493 e. The summed E-state index contributed by atoms with van der Waals surface area (Å²) in [4.78, 5) is 11.8. The van der Waals surface area contributed by atoms with Gasteiger partial charge in [0.2, 0.25) is 0 Å². The zero-order valence-corrected chi connectivity index (χ0v) is 12.2. The van der Waals surface area contributed by atoms with Crippen molar-refractivity contribution in [1.29, 1.82) is 0 Å². The fourth-order valence-electron chi connectivity index (χ4n) is 1.39. The van der Waals surface area contributed by atoms with E-state index >= 15 is 0 Å². The lowest BCUT2D eigenvalue weighted by Gasteiger charge is -2.20. The van der Waals surface area contributed by atoms with Gasteiger partial charge >= 0.3 is 0 Å². The summed E-state index contributed by atoms with van der Waals surface area (Å²) in [5.74, 6) is 0.866. The number of hydrogen-bond acceptors (Lipinski definition) is 4. The maximum Gasteiger partial charge on any atom is 0.251 e. The average Bonchev–Trinajstić information content (AvgIpc) is 2.43. The van der Waals surface area contributed by atoms with E-state index in [1.165, 1.54) is 6.92 Å². The molecule has 1 unspecified atom stereocenters. The molecule has 112 valence electrons. The normalized spacial score (nSPS) is 13.9. The number of rotatable bonds is 7. The van der Waals surface area contributed by atoms with E-state index in [2.05, 4.69) is 19.2 Å². The van der Waals surface area contributed by atoms with Crippen LogP contribution in [0.1, 0.15) is 31.1 Å². The van der Waals surface area contributed by atoms with Gasteiger partial charge in [0.1, 0.15) is 11.4 Å². The van der Waals surface area contributed by atoms with Crippen molar-refractivity contribution in [3.8, 4) is 5.75 Å². The summed E-state index contributed by atoms with van der Waals surface area (Å²) in [6.07, 6.45) is 0. The van der Waals surface area contributed by atoms with Gasteiger partial charge in [-0.3, -0.25) is 4.79 Å². The molecular formula is C15H23NO4. The van der Waals surface area contributed by atoms with Gasteiger partial charge in [-0.1, -0.05) is 13.8 Å². The monoisotopic (exact) mass is 281 g/mol. The molecule has 0 spiro atoms. The van der Waals surface area contributed by atoms with Crippen molar-refractivity contribution < 1.29 is 19.7 Å². The van der Waals surface area contributed by atoms with Gasteiger partial charge in [-0.05, 0) is 37.1 Å². The molecule has 0 aliphatic heterocycles. The van der Waals surface area contributed by atoms with Crippen LogP contribution in [0, 0.1) is 5.92 Å². The molecule has 0 radical (unpaired) electrons. The summed E-state index contributed by atoms with van der Waals surface area (Å²) in [5.41, 5.74) is -0.827. The Labute approximate surface area is 119 Å². The number of aliphatic hydroxyl groups is 2. The molecule has 0 aliphatic carbocycles. The zero-order valence-electron chi connectivity index (χ0n) is 12.2. The van der Waals surface area contributed by atoms with E-state index in [9.17, 15) is 9.90 Å². The number of nitrogens with one attached hydrogen (secondary N) is 1. The van der Waals surface area contributed by atoms with Crippen LogP contribution < -0.4 is 10.1 Å². The van der Waals surface area contributed by atoms with Crippen LogP contribution in [-0.2, 0) is 0 Å². The van der Waals surface area contributed by atoms with Crippen molar-refractivity contribution in [3.63, 3.8) is 0 Å². The van der Waals surface area contributed by atoms with Gasteiger partial charge in [0.15, 0.2) is 0 Å². The first kappa shape index (κ1) is 16.5. The van der Waals surface area contributed by atoms with Crippen molar-refractivity contribution in [2.75, 3.05) is 19.8 Å². The summed E-state index contributed by atoms with van der Waals surface area (Å²) in [5, 5.41) is 21.1. The standard InChI is InChI=1S/C15H23NO4/c1-11(2)8-20-13-6-4-12(5-7-13)14(18)16-9-15(3,19)10-17/h4-7,11,17,19H,8-10H2,1-3H3,(H,16,18). The van der Waals surface area contributed by atoms with Gasteiger partial charge in [-0.2, -0.15) is 0 Å². The smallest absolute Gasteiger partial charge is 0.251 e. The van der Waals surface area contributed by atoms with Crippen molar-refractivity contribution in [2.24, 2.45) is 5.92 Å². The minimum absolute atomic E-state index is 0.00602. The highest BCUT2D eigenvalue weighted by Crippen LogP contribution is 2.13. The Morgan fingerprint density at radius 3 is 2.45 bits per heavy atom. The second-order valence-electron chi connectivity index (χ2n) is 5.57. The van der Waals surface area contributed by atoms with Crippen LogP contribution in [0.5, 0.6) is 5.75 Å². The maximum atomic E-state index is 11.8. The molecule has 0 bridgehead atoms. The number of ether oxygens (including phenoxy) is 1. The van der Waals surface area contributed by atoms with Gasteiger partial charge in [0.05, 0.1) is 13.2 Å². The number of carbonyl (C=O) groups is 1. The second kappa shape index (κ2) is 7.26. The molecule has 0 saturated heterocycles. The minimum atomic E-state index is -1.31. The van der Waals surface area contributed by atoms with Crippen LogP contribution in [0.15, 0.2) is 24.3 Å². The highest BCUT2D eigenvalue weighted by Gasteiger charge is 2.20. The van der Waals surface area contributed by atoms with Crippen molar-refractivity contribution >= 4 is 5.91 Å². The Balaban J connectivity index is 2.53. The van der Waals surface area contributed by atoms with E-state index in [4.69, 9.17) is 9.84 Å². The lowest BCUT2D eigenvalue weighted by Crippen LogP contribution is -2.43. The third kappa shape index (κ3) is 5.59. The molecule has 5 heteroatoms. The molecule has 5 nitrogen and oxygen atoms in total. The topological polar surface area (TPSA) is 78.8 Å². The Morgan fingerprint density at radius 1 is 1.35 bits per heavy atom. The van der Waals surface area contributed by atoms with Crippen LogP contribution in [0.4, 0.5) is 0 Å². The molecule has 0 aliphatic rings. The highest BCUT2D eigenvalue weighted by atomic mass is 16.5. The van der Waals surface area contributed by atoms with Gasteiger partial charge in [0.25, 0.3) is 5.91 Å². The highest BCUT2D eigenvalue weighted by molar-refractivity contribution is 5.94. The maximum absolute atomic E-state index is 11.8. The molecule has 3 N–H and O–H groups in total. The molecule has 0 fully saturated rings. The number of aliphatic hydroxyl groups excluding tert-OH is 1. The zero-order chi connectivity index (χ0) is 15.2. The molecule has 1 rings (SSSR count). The van der Waals surface area contributed by atoms with E-state index in [1.807, 2.05) is 0 Å². The number of amides is 1. The summed E-state index contributed by atoms with van der Waals surface area (Å²) in [7, 11) is 0. The van der Waals surface area contributed by atoms with Crippen molar-refractivity contribution in [1.82, 2.24) is 5.32 Å². The summed E-state index contributed by atoms with van der Waals surface area (Å²) < 4.78 is 5.53. The molecule has 20 heavy (non-hydrogen) atoms. The van der Waals surface area contributed by atoms with E-state index in [1.54, 1.807) is 24.3 Å². The van der Waals surface area contributed by atoms with Gasteiger partial charge in [0, 0.05) is 12.1 Å². The van der Waals surface area contributed by atoms with Crippen molar-refractivity contribution in [2.45, 2.75) is 26.4 Å². The lowest BCUT2D eigenvalue weighted by atomic mass is 10.1. The van der Waals surface area contributed by atoms with Crippen LogP contribution in [0.3, 0.4) is 0 Å². The SMILES string of the molecule is CC(C)COc1ccc(C(=O)NCC(C)(O)CO)cc1. The molecule has 0 aromatic heterocycles. The van der Waals surface area contributed by atoms with E-state index in [0.29, 0.717) is 18.1 Å². The molecule has 0 heterocycles. The van der Waals surface area contributed by atoms with Gasteiger partial charge < -0.3 is 20.3 Å². The van der Waals surface area contributed by atoms with E-state index < -0.39 is 12.2 Å². The average molecular weight is 281 g/mol. The third-order valence-corrected chi connectivity index (χ3v) is 2.67.